The van der Waals surface area contributed by atoms with Crippen molar-refractivity contribution in [3.63, 3.8) is 0 Å². The van der Waals surface area contributed by atoms with Gasteiger partial charge in [0.1, 0.15) is 51.9 Å². The third-order valence-electron chi connectivity index (χ3n) is 7.72. The molecule has 5 rings (SSSR count). The number of ether oxygens (including phenoxy) is 3. The number of nitrogens with one attached hydrogen (secondary N) is 1. The van der Waals surface area contributed by atoms with Crippen molar-refractivity contribution in [2.24, 2.45) is 7.05 Å². The minimum atomic E-state index is -5.11. The van der Waals surface area contributed by atoms with Crippen LogP contribution in [0.2, 0.25) is 0 Å². The first-order valence-corrected chi connectivity index (χ1v) is 14.3. The first kappa shape index (κ1) is 34.8. The van der Waals surface area contributed by atoms with E-state index in [4.69, 9.17) is 9.47 Å². The van der Waals surface area contributed by atoms with Gasteiger partial charge in [-0.3, -0.25) is 14.3 Å². The van der Waals surface area contributed by atoms with E-state index in [1.54, 1.807) is 0 Å². The second-order valence-corrected chi connectivity index (χ2v) is 10.6. The Hall–Kier alpha value is -5.55. The van der Waals surface area contributed by atoms with Gasteiger partial charge in [-0.15, -0.1) is 0 Å². The summed E-state index contributed by atoms with van der Waals surface area (Å²) in [5, 5.41) is 2.20. The number of rotatable bonds is 9. The first-order chi connectivity index (χ1) is 23.2. The molecule has 4 aromatic rings. The summed E-state index contributed by atoms with van der Waals surface area (Å²) in [5.41, 5.74) is -5.50. The highest BCUT2D eigenvalue weighted by molar-refractivity contribution is 6.06. The van der Waals surface area contributed by atoms with Crippen LogP contribution in [0.4, 0.5) is 42.2 Å². The number of esters is 1. The fraction of sp³-hybridized carbons (Fsp3) is 0.290. The number of hydrogen-bond donors (Lipinski definition) is 1. The molecule has 0 aliphatic carbocycles. The van der Waals surface area contributed by atoms with Crippen molar-refractivity contribution < 1.29 is 54.5 Å². The number of amides is 1. The molecule has 1 amide bonds. The van der Waals surface area contributed by atoms with Gasteiger partial charge in [-0.1, -0.05) is 0 Å². The molecule has 0 saturated carbocycles. The standard InChI is InChI=1S/C31H26F7N5O6/c1-41-25(23-19(32)13-17(47-2)14-20(23)33)24(40-27(44)15-6-8-16(9-7-15)49-30(34)35)28(45)43(41)26-18(31(36,37)38)10-11-22(39-26)42-12-4-5-21(42)29(46)48-3/h6-11,13-14,21,30H,4-5,12H2,1-3H3,(H,40,44)/t21-/m0/s1. The Bertz CT molecular complexity index is 1940. The number of nitrogens with zero attached hydrogens (tertiary/aromatic N) is 4. The third kappa shape index (κ3) is 6.75. The highest BCUT2D eigenvalue weighted by Gasteiger charge is 2.39. The van der Waals surface area contributed by atoms with Crippen LogP contribution in [0.3, 0.4) is 0 Å². The Morgan fingerprint density at radius 2 is 1.65 bits per heavy atom. The minimum Gasteiger partial charge on any atom is -0.497 e. The van der Waals surface area contributed by atoms with Crippen molar-refractivity contribution in [2.45, 2.75) is 31.7 Å². The van der Waals surface area contributed by atoms with E-state index in [-0.39, 0.29) is 29.4 Å². The molecule has 11 nitrogen and oxygen atoms in total. The van der Waals surface area contributed by atoms with Gasteiger partial charge < -0.3 is 24.4 Å². The lowest BCUT2D eigenvalue weighted by Crippen LogP contribution is -2.38. The smallest absolute Gasteiger partial charge is 0.420 e. The lowest BCUT2D eigenvalue weighted by Gasteiger charge is -2.25. The SMILES string of the molecule is COC(=O)[C@@H]1CCCN1c1ccc(C(F)(F)F)c(-n2c(=O)c(NC(=O)c3ccc(OC(F)F)cc3)c(-c3c(F)cc(OC)cc3F)n2C)n1. The van der Waals surface area contributed by atoms with Crippen LogP contribution in [0.5, 0.6) is 11.5 Å². The molecule has 0 radical (unpaired) electrons. The molecule has 1 N–H and O–H groups in total. The summed E-state index contributed by atoms with van der Waals surface area (Å²) in [6, 6.07) is 6.39. The second kappa shape index (κ2) is 13.5. The van der Waals surface area contributed by atoms with E-state index in [1.807, 2.05) is 0 Å². The number of halogens is 7. The van der Waals surface area contributed by atoms with E-state index in [2.05, 4.69) is 15.0 Å². The molecule has 1 aliphatic rings. The summed E-state index contributed by atoms with van der Waals surface area (Å²) in [7, 11) is 3.30. The largest absolute Gasteiger partial charge is 0.497 e. The van der Waals surface area contributed by atoms with Gasteiger partial charge in [0.15, 0.2) is 5.82 Å². The summed E-state index contributed by atoms with van der Waals surface area (Å²) in [6.45, 7) is -2.96. The maximum atomic E-state index is 15.5. The van der Waals surface area contributed by atoms with Gasteiger partial charge in [0.25, 0.3) is 11.5 Å². The zero-order chi connectivity index (χ0) is 35.8. The van der Waals surface area contributed by atoms with E-state index in [0.29, 0.717) is 28.3 Å². The molecule has 0 spiro atoms. The summed E-state index contributed by atoms with van der Waals surface area (Å²) < 4.78 is 115. The molecule has 2 aromatic carbocycles. The van der Waals surface area contributed by atoms with Gasteiger partial charge in [-0.2, -0.15) is 26.6 Å². The third-order valence-corrected chi connectivity index (χ3v) is 7.72. The molecule has 3 heterocycles. The van der Waals surface area contributed by atoms with Crippen LogP contribution in [-0.4, -0.2) is 59.6 Å². The molecular formula is C31H26F7N5O6. The number of carbonyl (C=O) groups excluding carboxylic acids is 2. The van der Waals surface area contributed by atoms with Crippen LogP contribution in [0.1, 0.15) is 28.8 Å². The predicted octanol–water partition coefficient (Wildman–Crippen LogP) is 5.54. The monoisotopic (exact) mass is 697 g/mol. The molecule has 1 atom stereocenters. The number of carbonyl (C=O) groups is 2. The Morgan fingerprint density at radius 3 is 2.22 bits per heavy atom. The number of hydrogen-bond acceptors (Lipinski definition) is 8. The van der Waals surface area contributed by atoms with Crippen molar-refractivity contribution in [1.29, 1.82) is 0 Å². The quantitative estimate of drug-likeness (QED) is 0.179. The van der Waals surface area contributed by atoms with Gasteiger partial charge in [0, 0.05) is 31.3 Å². The van der Waals surface area contributed by atoms with E-state index in [0.717, 1.165) is 63.7 Å². The van der Waals surface area contributed by atoms with Crippen LogP contribution < -0.4 is 25.2 Å². The minimum absolute atomic E-state index is 0.135. The van der Waals surface area contributed by atoms with Crippen molar-refractivity contribution in [2.75, 3.05) is 31.0 Å². The maximum absolute atomic E-state index is 15.5. The van der Waals surface area contributed by atoms with Crippen molar-refractivity contribution in [1.82, 2.24) is 14.3 Å². The maximum Gasteiger partial charge on any atom is 0.420 e. The summed E-state index contributed by atoms with van der Waals surface area (Å²) in [5.74, 6) is -6.10. The second-order valence-electron chi connectivity index (χ2n) is 10.6. The zero-order valence-corrected chi connectivity index (χ0v) is 25.8. The fourth-order valence-electron chi connectivity index (χ4n) is 5.51. The molecule has 18 heteroatoms. The molecule has 0 bridgehead atoms. The summed E-state index contributed by atoms with van der Waals surface area (Å²) in [6.07, 6.45) is -4.34. The Morgan fingerprint density at radius 1 is 1.00 bits per heavy atom. The molecule has 2 aromatic heterocycles. The Kier molecular flexibility index (Phi) is 9.59. The highest BCUT2D eigenvalue weighted by Crippen LogP contribution is 2.38. The Balaban J connectivity index is 1.73. The topological polar surface area (TPSA) is 117 Å². The summed E-state index contributed by atoms with van der Waals surface area (Å²) >= 11 is 0. The molecule has 1 saturated heterocycles. The highest BCUT2D eigenvalue weighted by atomic mass is 19.4. The lowest BCUT2D eigenvalue weighted by atomic mass is 10.1. The van der Waals surface area contributed by atoms with Crippen LogP contribution >= 0.6 is 0 Å². The molecule has 1 aliphatic heterocycles. The fourth-order valence-corrected chi connectivity index (χ4v) is 5.51. The van der Waals surface area contributed by atoms with Crippen LogP contribution in [0, 0.1) is 11.6 Å². The number of alkyl halides is 5. The average molecular weight is 698 g/mol. The molecule has 260 valence electrons. The number of benzene rings is 2. The van der Waals surface area contributed by atoms with Crippen molar-refractivity contribution in [3.05, 3.63) is 81.6 Å². The molecule has 1 fully saturated rings. The lowest BCUT2D eigenvalue weighted by molar-refractivity contribution is -0.142. The van der Waals surface area contributed by atoms with Gasteiger partial charge in [-0.25, -0.2) is 18.6 Å². The van der Waals surface area contributed by atoms with E-state index >= 15 is 8.78 Å². The normalized spacial score (nSPS) is 14.7. The number of methoxy groups -OCH3 is 2. The zero-order valence-electron chi connectivity index (χ0n) is 25.8. The Labute approximate surface area is 272 Å². The number of anilines is 2. The van der Waals surface area contributed by atoms with E-state index < -0.39 is 76.2 Å². The molecule has 0 unspecified atom stereocenters. The number of aromatic nitrogens is 3. The van der Waals surface area contributed by atoms with Gasteiger partial charge in [-0.05, 0) is 49.2 Å². The van der Waals surface area contributed by atoms with E-state index in [1.165, 1.54) is 4.90 Å². The van der Waals surface area contributed by atoms with Crippen LogP contribution in [-0.2, 0) is 22.8 Å². The van der Waals surface area contributed by atoms with Gasteiger partial charge in [0.2, 0.25) is 0 Å². The van der Waals surface area contributed by atoms with Crippen LogP contribution in [0.15, 0.2) is 53.3 Å². The molecule has 49 heavy (non-hydrogen) atoms. The predicted molar refractivity (Wildman–Crippen MR) is 159 cm³/mol. The average Bonchev–Trinajstić information content (AvgIpc) is 3.62. The van der Waals surface area contributed by atoms with Gasteiger partial charge >= 0.3 is 18.8 Å². The van der Waals surface area contributed by atoms with Gasteiger partial charge in [0.05, 0.1) is 19.8 Å². The van der Waals surface area contributed by atoms with Crippen LogP contribution in [0.25, 0.3) is 17.1 Å². The first-order valence-electron chi connectivity index (χ1n) is 14.3. The molecular weight excluding hydrogens is 671 g/mol. The summed E-state index contributed by atoms with van der Waals surface area (Å²) in [4.78, 5) is 45.3. The van der Waals surface area contributed by atoms with Crippen molar-refractivity contribution in [3.8, 4) is 28.6 Å². The van der Waals surface area contributed by atoms with Crippen molar-refractivity contribution >= 4 is 23.4 Å². The number of pyridine rings is 1. The van der Waals surface area contributed by atoms with E-state index in [9.17, 15) is 36.3 Å².